The summed E-state index contributed by atoms with van der Waals surface area (Å²) in [5, 5.41) is 1.90. The molecule has 0 bridgehead atoms. The van der Waals surface area contributed by atoms with Crippen LogP contribution < -0.4 is 4.74 Å². The Morgan fingerprint density at radius 1 is 1.06 bits per heavy atom. The highest BCUT2D eigenvalue weighted by atomic mass is 32.1. The lowest BCUT2D eigenvalue weighted by Crippen LogP contribution is -2.52. The average molecular weight is 470 g/mol. The second-order valence-electron chi connectivity index (χ2n) is 8.56. The number of benzene rings is 1. The number of ether oxygens (including phenoxy) is 1. The Hall–Kier alpha value is -2.87. The van der Waals surface area contributed by atoms with Crippen molar-refractivity contribution in [3.05, 3.63) is 52.2 Å². The maximum atomic E-state index is 13.6. The molecule has 0 unspecified atom stereocenters. The van der Waals surface area contributed by atoms with Crippen LogP contribution in [0.15, 0.2) is 41.8 Å². The summed E-state index contributed by atoms with van der Waals surface area (Å²) in [5.74, 6) is 0.399. The molecule has 3 amide bonds. The molecule has 2 aromatic rings. The third-order valence-electron chi connectivity index (χ3n) is 6.57. The van der Waals surface area contributed by atoms with Crippen molar-refractivity contribution in [2.45, 2.75) is 32.2 Å². The summed E-state index contributed by atoms with van der Waals surface area (Å²) in [5.41, 5.74) is 0.961. The van der Waals surface area contributed by atoms with Crippen LogP contribution in [0.5, 0.6) is 5.75 Å². The summed E-state index contributed by atoms with van der Waals surface area (Å²) >= 11 is 1.44. The summed E-state index contributed by atoms with van der Waals surface area (Å²) in [6, 6.07) is 11.1. The molecule has 1 aromatic carbocycles. The molecule has 2 fully saturated rings. The van der Waals surface area contributed by atoms with Crippen LogP contribution in [0.1, 0.15) is 47.5 Å². The summed E-state index contributed by atoms with van der Waals surface area (Å²) < 4.78 is 5.28. The summed E-state index contributed by atoms with van der Waals surface area (Å²) in [6.45, 7) is 4.75. The molecule has 0 aliphatic carbocycles. The van der Waals surface area contributed by atoms with Crippen molar-refractivity contribution in [1.82, 2.24) is 14.7 Å². The smallest absolute Gasteiger partial charge is 0.264 e. The van der Waals surface area contributed by atoms with Crippen LogP contribution in [0.4, 0.5) is 0 Å². The number of amides is 3. The molecule has 2 aliphatic heterocycles. The van der Waals surface area contributed by atoms with E-state index in [1.807, 2.05) is 56.5 Å². The molecule has 2 atom stereocenters. The van der Waals surface area contributed by atoms with Gasteiger partial charge in [-0.05, 0) is 35.6 Å². The van der Waals surface area contributed by atoms with Gasteiger partial charge < -0.3 is 19.4 Å². The Labute approximate surface area is 198 Å². The Bertz CT molecular complexity index is 968. The van der Waals surface area contributed by atoms with Gasteiger partial charge in [0.05, 0.1) is 23.9 Å². The van der Waals surface area contributed by atoms with Gasteiger partial charge in [0.1, 0.15) is 5.75 Å². The fraction of sp³-hybridized carbons (Fsp3) is 0.480. The van der Waals surface area contributed by atoms with Crippen LogP contribution in [0.2, 0.25) is 0 Å². The molecular formula is C25H31N3O4S. The number of rotatable bonds is 7. The molecule has 3 heterocycles. The van der Waals surface area contributed by atoms with Crippen LogP contribution in [0.25, 0.3) is 0 Å². The van der Waals surface area contributed by atoms with Crippen LogP contribution in [-0.2, 0) is 9.59 Å². The lowest BCUT2D eigenvalue weighted by Gasteiger charge is -2.37. The van der Waals surface area contributed by atoms with E-state index in [-0.39, 0.29) is 30.2 Å². The fourth-order valence-corrected chi connectivity index (χ4v) is 5.43. The minimum atomic E-state index is -0.415. The van der Waals surface area contributed by atoms with Gasteiger partial charge in [-0.15, -0.1) is 11.3 Å². The first-order valence-electron chi connectivity index (χ1n) is 11.6. The van der Waals surface area contributed by atoms with E-state index in [0.717, 1.165) is 29.0 Å². The monoisotopic (exact) mass is 469 g/mol. The van der Waals surface area contributed by atoms with E-state index in [4.69, 9.17) is 4.74 Å². The standard InChI is InChI=1S/C25H31N3O4S/c1-3-4-11-28-22(29)17-20(23(28)18-7-9-19(32-2)10-8-18)24(30)26-12-14-27(15-13-26)25(31)21-6-5-16-33-21/h5-10,16,20,23H,3-4,11-15,17H2,1-2H3/t20-,23+/m1/s1. The molecule has 2 saturated heterocycles. The maximum Gasteiger partial charge on any atom is 0.264 e. The first kappa shape index (κ1) is 23.3. The topological polar surface area (TPSA) is 70.2 Å². The number of unbranched alkanes of at least 4 members (excludes halogenated alkanes) is 1. The van der Waals surface area contributed by atoms with E-state index in [9.17, 15) is 14.4 Å². The summed E-state index contributed by atoms with van der Waals surface area (Å²) in [4.78, 5) is 45.4. The Kier molecular flexibility index (Phi) is 7.33. The largest absolute Gasteiger partial charge is 0.497 e. The summed E-state index contributed by atoms with van der Waals surface area (Å²) in [6.07, 6.45) is 2.12. The number of carbonyl (C=O) groups is 3. The number of likely N-dealkylation sites (tertiary alicyclic amines) is 1. The van der Waals surface area contributed by atoms with Gasteiger partial charge in [0.25, 0.3) is 5.91 Å². The number of carbonyl (C=O) groups excluding carboxylic acids is 3. The van der Waals surface area contributed by atoms with Crippen LogP contribution in [-0.4, -0.2) is 72.3 Å². The van der Waals surface area contributed by atoms with Crippen LogP contribution in [0, 0.1) is 5.92 Å². The fourth-order valence-electron chi connectivity index (χ4n) is 4.74. The van der Waals surface area contributed by atoms with E-state index in [0.29, 0.717) is 32.7 Å². The molecule has 8 heteroatoms. The highest BCUT2D eigenvalue weighted by Crippen LogP contribution is 2.40. The quantitative estimate of drug-likeness (QED) is 0.623. The van der Waals surface area contributed by atoms with Crippen LogP contribution >= 0.6 is 11.3 Å². The lowest BCUT2D eigenvalue weighted by molar-refractivity contribution is -0.138. The van der Waals surface area contributed by atoms with Crippen LogP contribution in [0.3, 0.4) is 0 Å². The zero-order chi connectivity index (χ0) is 23.4. The van der Waals surface area contributed by atoms with Crippen molar-refractivity contribution in [2.24, 2.45) is 5.92 Å². The third kappa shape index (κ3) is 4.90. The van der Waals surface area contributed by atoms with E-state index in [1.165, 1.54) is 11.3 Å². The van der Waals surface area contributed by atoms with Gasteiger partial charge in [-0.25, -0.2) is 0 Å². The molecule has 0 spiro atoms. The van der Waals surface area contributed by atoms with E-state index in [1.54, 1.807) is 7.11 Å². The Morgan fingerprint density at radius 3 is 2.36 bits per heavy atom. The molecule has 0 radical (unpaired) electrons. The van der Waals surface area contributed by atoms with Gasteiger partial charge in [0, 0.05) is 39.1 Å². The number of nitrogens with zero attached hydrogens (tertiary/aromatic N) is 3. The van der Waals surface area contributed by atoms with Crippen molar-refractivity contribution in [3.63, 3.8) is 0 Å². The van der Waals surface area contributed by atoms with Crippen molar-refractivity contribution in [2.75, 3.05) is 39.8 Å². The number of hydrogen-bond donors (Lipinski definition) is 0. The normalized spacial score (nSPS) is 20.9. The summed E-state index contributed by atoms with van der Waals surface area (Å²) in [7, 11) is 1.62. The minimum Gasteiger partial charge on any atom is -0.497 e. The predicted octanol–water partition coefficient (Wildman–Crippen LogP) is 3.43. The molecule has 4 rings (SSSR count). The average Bonchev–Trinajstić information content (AvgIpc) is 3.50. The van der Waals surface area contributed by atoms with Gasteiger partial charge >= 0.3 is 0 Å². The van der Waals surface area contributed by atoms with Gasteiger partial charge in [-0.3, -0.25) is 14.4 Å². The van der Waals surface area contributed by atoms with E-state index >= 15 is 0 Å². The minimum absolute atomic E-state index is 0.00592. The second kappa shape index (κ2) is 10.4. The molecule has 7 nitrogen and oxygen atoms in total. The first-order chi connectivity index (χ1) is 16.0. The first-order valence-corrected chi connectivity index (χ1v) is 12.5. The zero-order valence-corrected chi connectivity index (χ0v) is 20.1. The maximum absolute atomic E-state index is 13.6. The highest BCUT2D eigenvalue weighted by Gasteiger charge is 2.46. The lowest BCUT2D eigenvalue weighted by atomic mass is 9.91. The molecular weight excluding hydrogens is 438 g/mol. The number of thiophene rings is 1. The van der Waals surface area contributed by atoms with Crippen molar-refractivity contribution in [3.8, 4) is 5.75 Å². The van der Waals surface area contributed by atoms with Gasteiger partial charge in [0.2, 0.25) is 11.8 Å². The van der Waals surface area contributed by atoms with Gasteiger partial charge in [0.15, 0.2) is 0 Å². The number of methoxy groups -OCH3 is 1. The number of hydrogen-bond acceptors (Lipinski definition) is 5. The number of piperazine rings is 1. The molecule has 0 N–H and O–H groups in total. The second-order valence-corrected chi connectivity index (χ2v) is 9.51. The van der Waals surface area contributed by atoms with E-state index < -0.39 is 5.92 Å². The highest BCUT2D eigenvalue weighted by molar-refractivity contribution is 7.12. The molecule has 176 valence electrons. The van der Waals surface area contributed by atoms with Gasteiger partial charge in [-0.2, -0.15) is 0 Å². The molecule has 33 heavy (non-hydrogen) atoms. The van der Waals surface area contributed by atoms with Crippen molar-refractivity contribution >= 4 is 29.1 Å². The third-order valence-corrected chi connectivity index (χ3v) is 7.43. The van der Waals surface area contributed by atoms with Crippen molar-refractivity contribution < 1.29 is 19.1 Å². The Balaban J connectivity index is 1.48. The van der Waals surface area contributed by atoms with Crippen molar-refractivity contribution in [1.29, 1.82) is 0 Å². The molecule has 1 aromatic heterocycles. The Morgan fingerprint density at radius 2 is 1.76 bits per heavy atom. The SMILES string of the molecule is CCCCN1C(=O)C[C@@H](C(=O)N2CCN(C(=O)c3cccs3)CC2)[C@@H]1c1ccc(OC)cc1. The predicted molar refractivity (Wildman–Crippen MR) is 127 cm³/mol. The molecule has 0 saturated carbocycles. The zero-order valence-electron chi connectivity index (χ0n) is 19.2. The molecule has 2 aliphatic rings. The van der Waals surface area contributed by atoms with Gasteiger partial charge in [-0.1, -0.05) is 31.5 Å². The van der Waals surface area contributed by atoms with E-state index in [2.05, 4.69) is 6.92 Å².